The van der Waals surface area contributed by atoms with Crippen LogP contribution in [-0.2, 0) is 17.8 Å². The van der Waals surface area contributed by atoms with Crippen LogP contribution in [-0.4, -0.2) is 10.5 Å². The maximum atomic E-state index is 12.4. The van der Waals surface area contributed by atoms with Gasteiger partial charge < -0.3 is 9.88 Å². The van der Waals surface area contributed by atoms with Crippen LogP contribution < -0.4 is 10.7 Å². The number of nitrogens with one attached hydrogen (secondary N) is 1. The highest BCUT2D eigenvalue weighted by molar-refractivity contribution is 5.92. The van der Waals surface area contributed by atoms with Gasteiger partial charge in [0, 0.05) is 23.3 Å². The minimum absolute atomic E-state index is 0.0262. The number of aryl methyl sites for hydroxylation is 2. The Kier molecular flexibility index (Phi) is 4.47. The SMILES string of the molecule is CCc1ccccc1NC(=O)Cn1ccc(=O)c2cc(C)ccc21. The van der Waals surface area contributed by atoms with Crippen molar-refractivity contribution in [3.8, 4) is 0 Å². The zero-order valence-corrected chi connectivity index (χ0v) is 13.9. The van der Waals surface area contributed by atoms with E-state index in [0.29, 0.717) is 5.39 Å². The number of hydrogen-bond acceptors (Lipinski definition) is 2. The lowest BCUT2D eigenvalue weighted by Gasteiger charge is -2.13. The summed E-state index contributed by atoms with van der Waals surface area (Å²) in [5, 5.41) is 3.60. The monoisotopic (exact) mass is 320 g/mol. The normalized spacial score (nSPS) is 10.8. The first-order chi connectivity index (χ1) is 11.6. The molecule has 0 spiro atoms. The van der Waals surface area contributed by atoms with Gasteiger partial charge in [-0.1, -0.05) is 36.8 Å². The molecule has 2 aromatic carbocycles. The molecule has 0 atom stereocenters. The van der Waals surface area contributed by atoms with E-state index >= 15 is 0 Å². The maximum Gasteiger partial charge on any atom is 0.244 e. The number of carbonyl (C=O) groups excluding carboxylic acids is 1. The van der Waals surface area contributed by atoms with Gasteiger partial charge in [-0.2, -0.15) is 0 Å². The van der Waals surface area contributed by atoms with E-state index in [1.165, 1.54) is 6.07 Å². The first-order valence-corrected chi connectivity index (χ1v) is 8.06. The lowest BCUT2D eigenvalue weighted by molar-refractivity contribution is -0.116. The Morgan fingerprint density at radius 3 is 2.71 bits per heavy atom. The van der Waals surface area contributed by atoms with E-state index in [1.807, 2.05) is 49.4 Å². The number of rotatable bonds is 4. The van der Waals surface area contributed by atoms with Crippen molar-refractivity contribution < 1.29 is 4.79 Å². The smallest absolute Gasteiger partial charge is 0.244 e. The van der Waals surface area contributed by atoms with Gasteiger partial charge in [0.05, 0.1) is 5.52 Å². The van der Waals surface area contributed by atoms with Crippen molar-refractivity contribution in [2.75, 3.05) is 5.32 Å². The van der Waals surface area contributed by atoms with Crippen LogP contribution in [0.5, 0.6) is 0 Å². The molecule has 4 heteroatoms. The van der Waals surface area contributed by atoms with Crippen molar-refractivity contribution in [3.05, 3.63) is 76.1 Å². The molecular formula is C20H20N2O2. The van der Waals surface area contributed by atoms with Gasteiger partial charge in [-0.3, -0.25) is 9.59 Å². The van der Waals surface area contributed by atoms with Gasteiger partial charge in [-0.15, -0.1) is 0 Å². The van der Waals surface area contributed by atoms with Crippen LogP contribution in [0.25, 0.3) is 10.9 Å². The number of anilines is 1. The molecule has 0 saturated carbocycles. The highest BCUT2D eigenvalue weighted by Crippen LogP contribution is 2.16. The standard InChI is InChI=1S/C20H20N2O2/c1-3-15-6-4-5-7-17(15)21-20(24)13-22-11-10-19(23)16-12-14(2)8-9-18(16)22/h4-12H,3,13H2,1-2H3,(H,21,24). The van der Waals surface area contributed by atoms with Crippen LogP contribution in [0.1, 0.15) is 18.1 Å². The van der Waals surface area contributed by atoms with Crippen molar-refractivity contribution in [2.45, 2.75) is 26.8 Å². The summed E-state index contributed by atoms with van der Waals surface area (Å²) in [7, 11) is 0. The third kappa shape index (κ3) is 3.23. The van der Waals surface area contributed by atoms with Crippen molar-refractivity contribution in [2.24, 2.45) is 0 Å². The first-order valence-electron chi connectivity index (χ1n) is 8.06. The Bertz CT molecular complexity index is 957. The van der Waals surface area contributed by atoms with Gasteiger partial charge in [-0.05, 0) is 37.1 Å². The Labute approximate surface area is 140 Å². The van der Waals surface area contributed by atoms with Crippen LogP contribution in [0.3, 0.4) is 0 Å². The average Bonchev–Trinajstić information content (AvgIpc) is 2.58. The fraction of sp³-hybridized carbons (Fsp3) is 0.200. The summed E-state index contributed by atoms with van der Waals surface area (Å²) in [5.74, 6) is -0.110. The van der Waals surface area contributed by atoms with E-state index < -0.39 is 0 Å². The van der Waals surface area contributed by atoms with E-state index in [9.17, 15) is 9.59 Å². The maximum absolute atomic E-state index is 12.4. The van der Waals surface area contributed by atoms with Crippen LogP contribution in [0.2, 0.25) is 0 Å². The molecule has 0 radical (unpaired) electrons. The topological polar surface area (TPSA) is 51.1 Å². The number of aromatic nitrogens is 1. The Morgan fingerprint density at radius 1 is 1.12 bits per heavy atom. The van der Waals surface area contributed by atoms with Gasteiger partial charge >= 0.3 is 0 Å². The molecule has 3 rings (SSSR count). The van der Waals surface area contributed by atoms with Gasteiger partial charge in [0.25, 0.3) is 0 Å². The summed E-state index contributed by atoms with van der Waals surface area (Å²) in [4.78, 5) is 24.5. The summed E-state index contributed by atoms with van der Waals surface area (Å²) in [6, 6.07) is 15.0. The molecule has 122 valence electrons. The number of fused-ring (bicyclic) bond motifs is 1. The first kappa shape index (κ1) is 16.0. The van der Waals surface area contributed by atoms with E-state index in [0.717, 1.165) is 28.8 Å². The molecule has 3 aromatic rings. The number of para-hydroxylation sites is 1. The predicted molar refractivity (Wildman–Crippen MR) is 97.4 cm³/mol. The van der Waals surface area contributed by atoms with E-state index in [-0.39, 0.29) is 17.9 Å². The highest BCUT2D eigenvalue weighted by Gasteiger charge is 2.09. The molecule has 24 heavy (non-hydrogen) atoms. The number of nitrogens with zero attached hydrogens (tertiary/aromatic N) is 1. The molecule has 0 aliphatic rings. The number of hydrogen-bond donors (Lipinski definition) is 1. The average molecular weight is 320 g/mol. The third-order valence-corrected chi connectivity index (χ3v) is 4.12. The molecule has 0 aliphatic carbocycles. The molecular weight excluding hydrogens is 300 g/mol. The highest BCUT2D eigenvalue weighted by atomic mass is 16.2. The largest absolute Gasteiger partial charge is 0.338 e. The second-order valence-corrected chi connectivity index (χ2v) is 5.89. The molecule has 0 unspecified atom stereocenters. The number of amides is 1. The Balaban J connectivity index is 1.89. The molecule has 1 heterocycles. The molecule has 1 amide bonds. The van der Waals surface area contributed by atoms with Gasteiger partial charge in [0.2, 0.25) is 5.91 Å². The van der Waals surface area contributed by atoms with Gasteiger partial charge in [0.15, 0.2) is 5.43 Å². The number of carbonyl (C=O) groups is 1. The fourth-order valence-corrected chi connectivity index (χ4v) is 2.86. The summed E-state index contributed by atoms with van der Waals surface area (Å²) in [6.45, 7) is 4.17. The number of benzene rings is 2. The minimum atomic E-state index is -0.110. The van der Waals surface area contributed by atoms with E-state index in [1.54, 1.807) is 10.8 Å². The van der Waals surface area contributed by atoms with E-state index in [2.05, 4.69) is 12.2 Å². The summed E-state index contributed by atoms with van der Waals surface area (Å²) in [6.07, 6.45) is 2.53. The van der Waals surface area contributed by atoms with Gasteiger partial charge in [0.1, 0.15) is 6.54 Å². The molecule has 0 fully saturated rings. The predicted octanol–water partition coefficient (Wildman–Crippen LogP) is 3.51. The van der Waals surface area contributed by atoms with Crippen molar-refractivity contribution >= 4 is 22.5 Å². The molecule has 4 nitrogen and oxygen atoms in total. The summed E-state index contributed by atoms with van der Waals surface area (Å²) < 4.78 is 1.81. The second-order valence-electron chi connectivity index (χ2n) is 5.89. The third-order valence-electron chi connectivity index (χ3n) is 4.12. The van der Waals surface area contributed by atoms with E-state index in [4.69, 9.17) is 0 Å². The van der Waals surface area contributed by atoms with Crippen molar-refractivity contribution in [1.82, 2.24) is 4.57 Å². The zero-order chi connectivity index (χ0) is 17.1. The molecule has 1 aromatic heterocycles. The summed E-state index contributed by atoms with van der Waals surface area (Å²) in [5.41, 5.74) is 3.71. The van der Waals surface area contributed by atoms with Crippen molar-refractivity contribution in [3.63, 3.8) is 0 Å². The van der Waals surface area contributed by atoms with Crippen molar-refractivity contribution in [1.29, 1.82) is 0 Å². The molecule has 1 N–H and O–H groups in total. The fourth-order valence-electron chi connectivity index (χ4n) is 2.86. The van der Waals surface area contributed by atoms with Crippen LogP contribution >= 0.6 is 0 Å². The van der Waals surface area contributed by atoms with Crippen LogP contribution in [0, 0.1) is 6.92 Å². The molecule has 0 bridgehead atoms. The quantitative estimate of drug-likeness (QED) is 0.800. The zero-order valence-electron chi connectivity index (χ0n) is 13.9. The molecule has 0 aliphatic heterocycles. The minimum Gasteiger partial charge on any atom is -0.338 e. The lowest BCUT2D eigenvalue weighted by Crippen LogP contribution is -2.21. The summed E-state index contributed by atoms with van der Waals surface area (Å²) >= 11 is 0. The van der Waals surface area contributed by atoms with Crippen LogP contribution in [0.15, 0.2) is 59.5 Å². The second kappa shape index (κ2) is 6.71. The molecule has 0 saturated heterocycles. The van der Waals surface area contributed by atoms with Crippen LogP contribution in [0.4, 0.5) is 5.69 Å². The Morgan fingerprint density at radius 2 is 1.92 bits per heavy atom. The lowest BCUT2D eigenvalue weighted by atomic mass is 10.1. The van der Waals surface area contributed by atoms with Gasteiger partial charge in [-0.25, -0.2) is 0 Å². The number of pyridine rings is 1. The Hall–Kier alpha value is -2.88.